The first-order chi connectivity index (χ1) is 6.04. The molecular weight excluding hydrogens is 207 g/mol. The van der Waals surface area contributed by atoms with Gasteiger partial charge in [-0.3, -0.25) is 4.79 Å². The van der Waals surface area contributed by atoms with Crippen molar-refractivity contribution in [1.82, 2.24) is 0 Å². The van der Waals surface area contributed by atoms with Crippen molar-refractivity contribution in [3.63, 3.8) is 0 Å². The van der Waals surface area contributed by atoms with Crippen LogP contribution in [0.3, 0.4) is 0 Å². The molecule has 0 N–H and O–H groups in total. The number of carbonyl (C=O) groups excluding carboxylic acids is 1. The van der Waals surface area contributed by atoms with Crippen LogP contribution in [-0.4, -0.2) is 10.6 Å². The van der Waals surface area contributed by atoms with Gasteiger partial charge >= 0.3 is 0 Å². The summed E-state index contributed by atoms with van der Waals surface area (Å²) < 4.78 is 0. The minimum absolute atomic E-state index is 0.232. The minimum atomic E-state index is -0.972. The maximum atomic E-state index is 11.5. The fraction of sp³-hybridized carbons (Fsp3) is 0.300. The summed E-state index contributed by atoms with van der Waals surface area (Å²) in [6, 6.07) is 5.51. The zero-order valence-electron chi connectivity index (χ0n) is 7.47. The Morgan fingerprint density at radius 1 is 1.31 bits per heavy atom. The highest BCUT2D eigenvalue weighted by molar-refractivity contribution is 6.55. The van der Waals surface area contributed by atoms with E-state index in [-0.39, 0.29) is 5.78 Å². The third kappa shape index (κ3) is 2.23. The summed E-state index contributed by atoms with van der Waals surface area (Å²) in [4.78, 5) is 10.5. The summed E-state index contributed by atoms with van der Waals surface area (Å²) in [5, 5.41) is 0. The number of halogens is 2. The molecule has 0 heterocycles. The van der Waals surface area contributed by atoms with E-state index in [0.29, 0.717) is 5.56 Å². The van der Waals surface area contributed by atoms with Gasteiger partial charge in [0.15, 0.2) is 10.6 Å². The lowest BCUT2D eigenvalue weighted by Crippen LogP contribution is -2.10. The average molecular weight is 217 g/mol. The maximum absolute atomic E-state index is 11.5. The molecule has 1 aromatic rings. The lowest BCUT2D eigenvalue weighted by Gasteiger charge is -2.07. The number of Topliss-reactive ketones (excluding diaryl/α,β-unsaturated/α-hetero) is 1. The molecule has 0 amide bonds. The molecule has 3 heteroatoms. The highest BCUT2D eigenvalue weighted by Crippen LogP contribution is 2.18. The van der Waals surface area contributed by atoms with Gasteiger partial charge in [-0.05, 0) is 25.0 Å². The van der Waals surface area contributed by atoms with Gasteiger partial charge in [-0.1, -0.05) is 41.4 Å². The molecule has 1 aromatic carbocycles. The van der Waals surface area contributed by atoms with Crippen LogP contribution in [0.1, 0.15) is 21.5 Å². The first kappa shape index (κ1) is 10.6. The monoisotopic (exact) mass is 216 g/mol. The Bertz CT molecular complexity index is 332. The van der Waals surface area contributed by atoms with Crippen LogP contribution in [0.25, 0.3) is 0 Å². The Hall–Kier alpha value is -0.530. The zero-order chi connectivity index (χ0) is 10.0. The Labute approximate surface area is 87.7 Å². The fourth-order valence-corrected chi connectivity index (χ4v) is 1.37. The molecule has 1 rings (SSSR count). The van der Waals surface area contributed by atoms with E-state index in [1.54, 1.807) is 6.07 Å². The van der Waals surface area contributed by atoms with Crippen molar-refractivity contribution in [1.29, 1.82) is 0 Å². The predicted octanol–water partition coefficient (Wildman–Crippen LogP) is 3.29. The molecule has 13 heavy (non-hydrogen) atoms. The van der Waals surface area contributed by atoms with Crippen LogP contribution in [-0.2, 0) is 0 Å². The van der Waals surface area contributed by atoms with Crippen LogP contribution >= 0.6 is 23.2 Å². The average Bonchev–Trinajstić information content (AvgIpc) is 2.08. The number of rotatable bonds is 2. The number of aryl methyl sites for hydroxylation is 1. The largest absolute Gasteiger partial charge is 0.291 e. The van der Waals surface area contributed by atoms with Gasteiger partial charge in [-0.15, -0.1) is 0 Å². The van der Waals surface area contributed by atoms with E-state index in [1.165, 1.54) is 0 Å². The second-order valence-corrected chi connectivity index (χ2v) is 4.01. The van der Waals surface area contributed by atoms with Crippen LogP contribution in [0.15, 0.2) is 18.2 Å². The Morgan fingerprint density at radius 3 is 2.46 bits per heavy atom. The molecule has 70 valence electrons. The minimum Gasteiger partial charge on any atom is -0.291 e. The summed E-state index contributed by atoms with van der Waals surface area (Å²) in [6.07, 6.45) is 0. The SMILES string of the molecule is Cc1cccc(C(=O)C(Cl)Cl)c1C. The lowest BCUT2D eigenvalue weighted by atomic mass is 10.0. The third-order valence-corrected chi connectivity index (χ3v) is 2.46. The fourth-order valence-electron chi connectivity index (χ4n) is 1.14. The van der Waals surface area contributed by atoms with Gasteiger partial charge in [-0.2, -0.15) is 0 Å². The van der Waals surface area contributed by atoms with Crippen LogP contribution < -0.4 is 0 Å². The van der Waals surface area contributed by atoms with Crippen LogP contribution in [0.4, 0.5) is 0 Å². The number of carbonyl (C=O) groups is 1. The van der Waals surface area contributed by atoms with Crippen molar-refractivity contribution >= 4 is 29.0 Å². The van der Waals surface area contributed by atoms with E-state index in [0.717, 1.165) is 11.1 Å². The van der Waals surface area contributed by atoms with Crippen molar-refractivity contribution in [3.8, 4) is 0 Å². The van der Waals surface area contributed by atoms with Gasteiger partial charge in [0.05, 0.1) is 0 Å². The quantitative estimate of drug-likeness (QED) is 0.548. The van der Waals surface area contributed by atoms with E-state index < -0.39 is 4.84 Å². The number of benzene rings is 1. The summed E-state index contributed by atoms with van der Waals surface area (Å²) in [7, 11) is 0. The molecule has 1 nitrogen and oxygen atoms in total. The molecular formula is C10H10Cl2O. The number of hydrogen-bond acceptors (Lipinski definition) is 1. The zero-order valence-corrected chi connectivity index (χ0v) is 8.99. The molecule has 0 aliphatic heterocycles. The molecule has 0 fully saturated rings. The van der Waals surface area contributed by atoms with E-state index >= 15 is 0 Å². The molecule has 0 unspecified atom stereocenters. The molecule has 0 atom stereocenters. The standard InChI is InChI=1S/C10H10Cl2O/c1-6-4-3-5-8(7(6)2)9(13)10(11)12/h3-5,10H,1-2H3. The summed E-state index contributed by atoms with van der Waals surface area (Å²) in [6.45, 7) is 3.84. The van der Waals surface area contributed by atoms with Gasteiger partial charge in [0.1, 0.15) is 0 Å². The number of hydrogen-bond donors (Lipinski definition) is 0. The van der Waals surface area contributed by atoms with Crippen LogP contribution in [0, 0.1) is 13.8 Å². The maximum Gasteiger partial charge on any atom is 0.195 e. The van der Waals surface area contributed by atoms with Gasteiger partial charge in [0, 0.05) is 5.56 Å². The molecule has 0 aliphatic rings. The first-order valence-electron chi connectivity index (χ1n) is 3.92. The molecule has 0 saturated heterocycles. The van der Waals surface area contributed by atoms with Crippen LogP contribution in [0.2, 0.25) is 0 Å². The molecule has 0 spiro atoms. The van der Waals surface area contributed by atoms with Crippen molar-refractivity contribution < 1.29 is 4.79 Å². The van der Waals surface area contributed by atoms with Gasteiger partial charge in [-0.25, -0.2) is 0 Å². The van der Waals surface area contributed by atoms with Gasteiger partial charge in [0.2, 0.25) is 0 Å². The Balaban J connectivity index is 3.15. The first-order valence-corrected chi connectivity index (χ1v) is 4.80. The molecule has 0 aromatic heterocycles. The number of ketones is 1. The molecule has 0 bridgehead atoms. The second-order valence-electron chi connectivity index (χ2n) is 2.91. The van der Waals surface area contributed by atoms with Crippen molar-refractivity contribution in [2.75, 3.05) is 0 Å². The highest BCUT2D eigenvalue weighted by atomic mass is 35.5. The van der Waals surface area contributed by atoms with E-state index in [4.69, 9.17) is 23.2 Å². The summed E-state index contributed by atoms with van der Waals surface area (Å²) in [5.74, 6) is -0.232. The second kappa shape index (κ2) is 4.12. The normalized spacial score (nSPS) is 10.5. The smallest absolute Gasteiger partial charge is 0.195 e. The molecule has 0 aliphatic carbocycles. The predicted molar refractivity (Wildman–Crippen MR) is 55.7 cm³/mol. The van der Waals surface area contributed by atoms with Crippen LogP contribution in [0.5, 0.6) is 0 Å². The number of alkyl halides is 2. The third-order valence-electron chi connectivity index (χ3n) is 2.07. The van der Waals surface area contributed by atoms with Gasteiger partial charge < -0.3 is 0 Å². The summed E-state index contributed by atoms with van der Waals surface area (Å²) in [5.41, 5.74) is 2.62. The highest BCUT2D eigenvalue weighted by Gasteiger charge is 2.16. The van der Waals surface area contributed by atoms with E-state index in [2.05, 4.69) is 0 Å². The van der Waals surface area contributed by atoms with E-state index in [1.807, 2.05) is 26.0 Å². The Morgan fingerprint density at radius 2 is 1.92 bits per heavy atom. The molecule has 0 radical (unpaired) electrons. The van der Waals surface area contributed by atoms with Gasteiger partial charge in [0.25, 0.3) is 0 Å². The topological polar surface area (TPSA) is 17.1 Å². The summed E-state index contributed by atoms with van der Waals surface area (Å²) >= 11 is 11.0. The molecule has 0 saturated carbocycles. The van der Waals surface area contributed by atoms with Crippen molar-refractivity contribution in [2.24, 2.45) is 0 Å². The van der Waals surface area contributed by atoms with Crippen molar-refractivity contribution in [2.45, 2.75) is 18.7 Å². The van der Waals surface area contributed by atoms with Crippen molar-refractivity contribution in [3.05, 3.63) is 34.9 Å². The Kier molecular flexibility index (Phi) is 3.34. The lowest BCUT2D eigenvalue weighted by molar-refractivity contribution is 0.101. The van der Waals surface area contributed by atoms with E-state index in [9.17, 15) is 4.79 Å².